The first-order chi connectivity index (χ1) is 6.22. The van der Waals surface area contributed by atoms with Gasteiger partial charge in [-0.3, -0.25) is 0 Å². The van der Waals surface area contributed by atoms with Gasteiger partial charge in [0, 0.05) is 6.54 Å². The van der Waals surface area contributed by atoms with Crippen molar-refractivity contribution in [3.63, 3.8) is 0 Å². The molecule has 0 aromatic heterocycles. The molecule has 0 aliphatic carbocycles. The fourth-order valence-electron chi connectivity index (χ4n) is 1.32. The zero-order valence-electron chi connectivity index (χ0n) is 8.03. The third kappa shape index (κ3) is 3.57. The van der Waals surface area contributed by atoms with Crippen LogP contribution in [0.25, 0.3) is 0 Å². The van der Waals surface area contributed by atoms with Crippen molar-refractivity contribution in [1.82, 2.24) is 0 Å². The van der Waals surface area contributed by atoms with Crippen LogP contribution in [-0.4, -0.2) is 17.8 Å². The molecule has 0 aliphatic heterocycles. The Morgan fingerprint density at radius 2 is 2.23 bits per heavy atom. The molecule has 0 radical (unpaired) electrons. The number of hydrogen-bond acceptors (Lipinski definition) is 2. The molecule has 0 heterocycles. The summed E-state index contributed by atoms with van der Waals surface area (Å²) in [4.78, 5) is 0. The van der Waals surface area contributed by atoms with Gasteiger partial charge in [-0.15, -0.1) is 0 Å². The molecule has 1 aromatic rings. The number of benzene rings is 1. The van der Waals surface area contributed by atoms with E-state index in [-0.39, 0.29) is 6.10 Å². The summed E-state index contributed by atoms with van der Waals surface area (Å²) in [6, 6.07) is 8.34. The minimum absolute atomic E-state index is 0.353. The van der Waals surface area contributed by atoms with Crippen molar-refractivity contribution in [1.29, 1.82) is 0 Å². The normalized spacial score (nSPS) is 12.8. The summed E-state index contributed by atoms with van der Waals surface area (Å²) in [5.41, 5.74) is 7.85. The van der Waals surface area contributed by atoms with Crippen molar-refractivity contribution in [2.45, 2.75) is 25.9 Å². The maximum Gasteiger partial charge on any atom is 0.0665 e. The van der Waals surface area contributed by atoms with E-state index in [1.165, 1.54) is 11.1 Å². The van der Waals surface area contributed by atoms with Gasteiger partial charge in [0.05, 0.1) is 6.10 Å². The molecule has 0 spiro atoms. The van der Waals surface area contributed by atoms with Gasteiger partial charge in [-0.05, 0) is 25.3 Å². The lowest BCUT2D eigenvalue weighted by Crippen LogP contribution is -2.20. The Hall–Kier alpha value is -0.860. The van der Waals surface area contributed by atoms with Gasteiger partial charge < -0.3 is 10.8 Å². The van der Waals surface area contributed by atoms with Crippen LogP contribution in [0.5, 0.6) is 0 Å². The molecule has 2 heteroatoms. The van der Waals surface area contributed by atoms with E-state index >= 15 is 0 Å². The number of aliphatic hydroxyl groups excluding tert-OH is 1. The second kappa shape index (κ2) is 5.00. The lowest BCUT2D eigenvalue weighted by molar-refractivity contribution is 0.173. The van der Waals surface area contributed by atoms with Crippen molar-refractivity contribution in [2.24, 2.45) is 5.73 Å². The highest BCUT2D eigenvalue weighted by atomic mass is 16.3. The van der Waals surface area contributed by atoms with Gasteiger partial charge in [0.15, 0.2) is 0 Å². The van der Waals surface area contributed by atoms with Crippen LogP contribution in [-0.2, 0) is 6.42 Å². The molecule has 13 heavy (non-hydrogen) atoms. The van der Waals surface area contributed by atoms with Gasteiger partial charge in [0.1, 0.15) is 0 Å². The minimum atomic E-state index is -0.361. The van der Waals surface area contributed by atoms with Crippen LogP contribution in [0.1, 0.15) is 17.5 Å². The zero-order chi connectivity index (χ0) is 9.68. The maximum absolute atomic E-state index is 9.26. The van der Waals surface area contributed by atoms with Gasteiger partial charge in [-0.25, -0.2) is 0 Å². The third-order valence-corrected chi connectivity index (χ3v) is 2.12. The van der Waals surface area contributed by atoms with Crippen LogP contribution in [0.3, 0.4) is 0 Å². The SMILES string of the molecule is Cc1cccc(CCC(O)CN)c1. The second-order valence-corrected chi connectivity index (χ2v) is 3.42. The number of hydrogen-bond donors (Lipinski definition) is 2. The highest BCUT2D eigenvalue weighted by molar-refractivity contribution is 5.22. The highest BCUT2D eigenvalue weighted by Crippen LogP contribution is 2.07. The Kier molecular flexibility index (Phi) is 3.93. The molecule has 1 rings (SSSR count). The molecule has 0 fully saturated rings. The average molecular weight is 179 g/mol. The molecule has 0 saturated heterocycles. The van der Waals surface area contributed by atoms with Gasteiger partial charge >= 0.3 is 0 Å². The lowest BCUT2D eigenvalue weighted by atomic mass is 10.0. The van der Waals surface area contributed by atoms with Gasteiger partial charge in [-0.1, -0.05) is 29.8 Å². The third-order valence-electron chi connectivity index (χ3n) is 2.12. The number of rotatable bonds is 4. The van der Waals surface area contributed by atoms with E-state index in [1.807, 2.05) is 6.07 Å². The molecular weight excluding hydrogens is 162 g/mol. The molecule has 0 amide bonds. The monoisotopic (exact) mass is 179 g/mol. The molecule has 2 nitrogen and oxygen atoms in total. The zero-order valence-corrected chi connectivity index (χ0v) is 8.03. The van der Waals surface area contributed by atoms with Crippen LogP contribution in [0.2, 0.25) is 0 Å². The number of nitrogens with two attached hydrogens (primary N) is 1. The van der Waals surface area contributed by atoms with Crippen molar-refractivity contribution >= 4 is 0 Å². The van der Waals surface area contributed by atoms with Gasteiger partial charge in [0.2, 0.25) is 0 Å². The molecule has 3 N–H and O–H groups in total. The van der Waals surface area contributed by atoms with E-state index in [9.17, 15) is 5.11 Å². The second-order valence-electron chi connectivity index (χ2n) is 3.42. The standard InChI is InChI=1S/C11H17NO/c1-9-3-2-4-10(7-9)5-6-11(13)8-12/h2-4,7,11,13H,5-6,8,12H2,1H3. The van der Waals surface area contributed by atoms with Crippen LogP contribution in [0.4, 0.5) is 0 Å². The highest BCUT2D eigenvalue weighted by Gasteiger charge is 2.01. The molecule has 0 aliphatic rings. The fourth-order valence-corrected chi connectivity index (χ4v) is 1.32. The van der Waals surface area contributed by atoms with Crippen molar-refractivity contribution in [2.75, 3.05) is 6.54 Å². The Labute approximate surface area is 79.4 Å². The quantitative estimate of drug-likeness (QED) is 0.730. The minimum Gasteiger partial charge on any atom is -0.392 e. The van der Waals surface area contributed by atoms with Crippen LogP contribution >= 0.6 is 0 Å². The molecule has 72 valence electrons. The largest absolute Gasteiger partial charge is 0.392 e. The maximum atomic E-state index is 9.26. The summed E-state index contributed by atoms with van der Waals surface area (Å²) in [5, 5.41) is 9.26. The van der Waals surface area contributed by atoms with Gasteiger partial charge in [0.25, 0.3) is 0 Å². The van der Waals surface area contributed by atoms with E-state index < -0.39 is 0 Å². The molecule has 0 bridgehead atoms. The van der Waals surface area contributed by atoms with Gasteiger partial charge in [-0.2, -0.15) is 0 Å². The Bertz CT molecular complexity index is 260. The first-order valence-corrected chi connectivity index (χ1v) is 4.66. The fraction of sp³-hybridized carbons (Fsp3) is 0.455. The summed E-state index contributed by atoms with van der Waals surface area (Å²) in [5.74, 6) is 0. The van der Waals surface area contributed by atoms with E-state index in [4.69, 9.17) is 5.73 Å². The van der Waals surface area contributed by atoms with Crippen molar-refractivity contribution < 1.29 is 5.11 Å². The summed E-state index contributed by atoms with van der Waals surface area (Å²) >= 11 is 0. The molecule has 1 atom stereocenters. The van der Waals surface area contributed by atoms with Crippen LogP contribution < -0.4 is 5.73 Å². The predicted octanol–water partition coefficient (Wildman–Crippen LogP) is 1.25. The topological polar surface area (TPSA) is 46.2 Å². The smallest absolute Gasteiger partial charge is 0.0665 e. The van der Waals surface area contributed by atoms with E-state index in [0.717, 1.165) is 12.8 Å². The molecule has 1 unspecified atom stereocenters. The molecule has 0 saturated carbocycles. The first-order valence-electron chi connectivity index (χ1n) is 4.66. The molecular formula is C11H17NO. The van der Waals surface area contributed by atoms with Crippen LogP contribution in [0.15, 0.2) is 24.3 Å². The number of aryl methyl sites for hydroxylation is 2. The van der Waals surface area contributed by atoms with E-state index in [2.05, 4.69) is 25.1 Å². The lowest BCUT2D eigenvalue weighted by Gasteiger charge is -2.07. The average Bonchev–Trinajstić information content (AvgIpc) is 2.14. The summed E-state index contributed by atoms with van der Waals surface area (Å²) in [6.45, 7) is 2.43. The van der Waals surface area contributed by atoms with E-state index in [0.29, 0.717) is 6.54 Å². The van der Waals surface area contributed by atoms with Crippen molar-refractivity contribution in [3.05, 3.63) is 35.4 Å². The number of aliphatic hydroxyl groups is 1. The molecule has 1 aromatic carbocycles. The first kappa shape index (κ1) is 10.2. The Morgan fingerprint density at radius 3 is 2.85 bits per heavy atom. The summed E-state index contributed by atoms with van der Waals surface area (Å²) in [7, 11) is 0. The Morgan fingerprint density at radius 1 is 1.46 bits per heavy atom. The van der Waals surface area contributed by atoms with E-state index in [1.54, 1.807) is 0 Å². The Balaban J connectivity index is 2.45. The van der Waals surface area contributed by atoms with Crippen LogP contribution in [0, 0.1) is 6.92 Å². The predicted molar refractivity (Wildman–Crippen MR) is 54.6 cm³/mol. The van der Waals surface area contributed by atoms with Crippen molar-refractivity contribution in [3.8, 4) is 0 Å². The summed E-state index contributed by atoms with van der Waals surface area (Å²) in [6.07, 6.45) is 1.29. The summed E-state index contributed by atoms with van der Waals surface area (Å²) < 4.78 is 0.